The van der Waals surface area contributed by atoms with Gasteiger partial charge in [0, 0.05) is 25.1 Å². The summed E-state index contributed by atoms with van der Waals surface area (Å²) in [6.07, 6.45) is 0.631. The maximum atomic E-state index is 13.2. The molecule has 3 heterocycles. The highest BCUT2D eigenvalue weighted by atomic mass is 32.2. The van der Waals surface area contributed by atoms with Crippen LogP contribution in [-0.4, -0.2) is 72.9 Å². The van der Waals surface area contributed by atoms with Gasteiger partial charge in [-0.05, 0) is 12.1 Å². The number of nitrogens with zero attached hydrogens (tertiary/aromatic N) is 3. The molecule has 0 aliphatic carbocycles. The van der Waals surface area contributed by atoms with Gasteiger partial charge in [0.25, 0.3) is 5.91 Å². The molecule has 1 amide bonds. The topological polar surface area (TPSA) is 130 Å². The number of amides is 1. The van der Waals surface area contributed by atoms with Gasteiger partial charge in [-0.25, -0.2) is 13.4 Å². The molecule has 166 valence electrons. The van der Waals surface area contributed by atoms with E-state index in [0.29, 0.717) is 36.5 Å². The molecular formula is C18H19FN4O6S2. The number of rotatable bonds is 7. The number of ether oxygens (including phenoxy) is 1. The molecule has 0 saturated carbocycles. The van der Waals surface area contributed by atoms with Gasteiger partial charge in [0.2, 0.25) is 10.0 Å². The van der Waals surface area contributed by atoms with Gasteiger partial charge in [-0.15, -0.1) is 0 Å². The van der Waals surface area contributed by atoms with Crippen molar-refractivity contribution in [3.8, 4) is 0 Å². The Labute approximate surface area is 181 Å². The molecule has 2 fully saturated rings. The van der Waals surface area contributed by atoms with E-state index in [1.54, 1.807) is 0 Å². The Morgan fingerprint density at radius 3 is 2.68 bits per heavy atom. The number of β-amino-alcohol motifs (C(OH)–C–C–N with tert-alkyl or cyclic N) is 1. The van der Waals surface area contributed by atoms with Crippen LogP contribution >= 0.6 is 11.3 Å². The van der Waals surface area contributed by atoms with E-state index < -0.39 is 27.2 Å². The second-order valence-corrected chi connectivity index (χ2v) is 9.87. The Bertz CT molecular complexity index is 1080. The Morgan fingerprint density at radius 2 is 2.10 bits per heavy atom. The molecule has 2 aliphatic heterocycles. The number of sulfonamides is 1. The van der Waals surface area contributed by atoms with Gasteiger partial charge < -0.3 is 14.7 Å². The van der Waals surface area contributed by atoms with Crippen LogP contribution in [0, 0.1) is 5.13 Å². The predicted octanol–water partition coefficient (Wildman–Crippen LogP) is 0.796. The van der Waals surface area contributed by atoms with Crippen molar-refractivity contribution in [1.29, 1.82) is 0 Å². The first-order valence-corrected chi connectivity index (χ1v) is 11.6. The van der Waals surface area contributed by atoms with Gasteiger partial charge in [0.1, 0.15) is 0 Å². The second-order valence-electron chi connectivity index (χ2n) is 6.95. The number of aromatic nitrogens is 1. The van der Waals surface area contributed by atoms with Gasteiger partial charge in [-0.3, -0.25) is 10.1 Å². The van der Waals surface area contributed by atoms with Crippen LogP contribution in [0.15, 0.2) is 40.5 Å². The molecule has 2 N–H and O–H groups in total. The quantitative estimate of drug-likeness (QED) is 0.452. The van der Waals surface area contributed by atoms with Gasteiger partial charge in [0.05, 0.1) is 30.4 Å². The largest absolute Gasteiger partial charge is 0.390 e. The number of hydrogen-bond donors (Lipinski definition) is 2. The van der Waals surface area contributed by atoms with Gasteiger partial charge in [0.15, 0.2) is 22.1 Å². The molecule has 1 aromatic heterocycles. The summed E-state index contributed by atoms with van der Waals surface area (Å²) in [6, 6.07) is 5.55. The minimum Gasteiger partial charge on any atom is -0.390 e. The van der Waals surface area contributed by atoms with E-state index in [0.717, 1.165) is 10.5 Å². The summed E-state index contributed by atoms with van der Waals surface area (Å²) in [5.41, 5.74) is 0.182. The summed E-state index contributed by atoms with van der Waals surface area (Å²) < 4.78 is 44.7. The van der Waals surface area contributed by atoms with Gasteiger partial charge in [-0.2, -0.15) is 8.70 Å². The van der Waals surface area contributed by atoms with Gasteiger partial charge >= 0.3 is 0 Å². The normalized spacial score (nSPS) is 20.5. The Hall–Kier alpha value is -2.45. The van der Waals surface area contributed by atoms with Crippen molar-refractivity contribution in [2.24, 2.45) is 5.16 Å². The zero-order valence-corrected chi connectivity index (χ0v) is 17.7. The molecule has 31 heavy (non-hydrogen) atoms. The monoisotopic (exact) mass is 470 g/mol. The van der Waals surface area contributed by atoms with Crippen LogP contribution < -0.4 is 5.32 Å². The molecule has 2 aromatic rings. The zero-order valence-electron chi connectivity index (χ0n) is 16.1. The van der Waals surface area contributed by atoms with E-state index >= 15 is 0 Å². The summed E-state index contributed by atoms with van der Waals surface area (Å²) in [6.45, 7) is 0.953. The molecule has 4 rings (SSSR count). The number of oxime groups is 1. The summed E-state index contributed by atoms with van der Waals surface area (Å²) >= 11 is 0.659. The van der Waals surface area contributed by atoms with Crippen molar-refractivity contribution in [1.82, 2.24) is 9.29 Å². The first kappa shape index (κ1) is 21.8. The van der Waals surface area contributed by atoms with E-state index in [2.05, 4.69) is 15.5 Å². The number of anilines is 1. The van der Waals surface area contributed by atoms with Crippen LogP contribution in [0.1, 0.15) is 12.0 Å². The lowest BCUT2D eigenvalue weighted by molar-refractivity contribution is -0.110. The summed E-state index contributed by atoms with van der Waals surface area (Å²) in [4.78, 5) is 21.9. The number of aliphatic hydroxyl groups excluding tert-OH is 1. The first-order valence-electron chi connectivity index (χ1n) is 9.36. The third-order valence-electron chi connectivity index (χ3n) is 4.69. The lowest BCUT2D eigenvalue weighted by Gasteiger charge is -2.34. The third-order valence-corrected chi connectivity index (χ3v) is 7.24. The van der Waals surface area contributed by atoms with Crippen molar-refractivity contribution in [3.05, 3.63) is 41.2 Å². The Balaban J connectivity index is 1.56. The molecule has 10 nitrogen and oxygen atoms in total. The molecule has 0 spiro atoms. The fourth-order valence-electron chi connectivity index (χ4n) is 2.96. The van der Waals surface area contributed by atoms with Crippen LogP contribution in [0.5, 0.6) is 0 Å². The molecule has 0 unspecified atom stereocenters. The molecule has 1 atom stereocenters. The predicted molar refractivity (Wildman–Crippen MR) is 109 cm³/mol. The molecule has 0 radical (unpaired) electrons. The van der Waals surface area contributed by atoms with E-state index in [1.807, 2.05) is 0 Å². The zero-order chi connectivity index (χ0) is 22.0. The van der Waals surface area contributed by atoms with Crippen LogP contribution in [0.4, 0.5) is 9.52 Å². The summed E-state index contributed by atoms with van der Waals surface area (Å²) in [5, 5.41) is 15.3. The van der Waals surface area contributed by atoms with E-state index in [4.69, 9.17) is 9.57 Å². The molecular weight excluding hydrogens is 451 g/mol. The second kappa shape index (κ2) is 8.96. The lowest BCUT2D eigenvalue weighted by Crippen LogP contribution is -2.53. The van der Waals surface area contributed by atoms with Crippen LogP contribution in [0.3, 0.4) is 0 Å². The number of benzene rings is 1. The van der Waals surface area contributed by atoms with Gasteiger partial charge in [-0.1, -0.05) is 28.6 Å². The van der Waals surface area contributed by atoms with Crippen LogP contribution in [0.2, 0.25) is 0 Å². The van der Waals surface area contributed by atoms with Crippen LogP contribution in [-0.2, 0) is 24.4 Å². The molecule has 13 heteroatoms. The maximum absolute atomic E-state index is 13.2. The fraction of sp³-hybridized carbons (Fsp3) is 0.389. The number of hydrogen-bond acceptors (Lipinski definition) is 9. The SMILES string of the molecule is O=C(Nc1ncc(F)s1)C(=NO[C@@H]1CCOC1)c1ccc(S(=O)(=O)N2CC(O)C2)cc1. The summed E-state index contributed by atoms with van der Waals surface area (Å²) in [5.74, 6) is -0.685. The van der Waals surface area contributed by atoms with Crippen molar-refractivity contribution in [2.75, 3.05) is 31.6 Å². The third kappa shape index (κ3) is 4.91. The minimum absolute atomic E-state index is 0.0232. The van der Waals surface area contributed by atoms with E-state index in [1.165, 1.54) is 24.3 Å². The molecule has 2 saturated heterocycles. The number of halogens is 1. The maximum Gasteiger partial charge on any atom is 0.280 e. The number of aliphatic hydroxyl groups is 1. The number of thiazole rings is 1. The number of nitrogens with one attached hydrogen (secondary N) is 1. The average molecular weight is 471 g/mol. The van der Waals surface area contributed by atoms with Crippen molar-refractivity contribution >= 4 is 38.1 Å². The highest BCUT2D eigenvalue weighted by molar-refractivity contribution is 7.89. The van der Waals surface area contributed by atoms with Crippen molar-refractivity contribution in [3.63, 3.8) is 0 Å². The number of carbonyl (C=O) groups excluding carboxylic acids is 1. The Kier molecular flexibility index (Phi) is 6.29. The first-order chi connectivity index (χ1) is 14.8. The molecule has 0 bridgehead atoms. The van der Waals surface area contributed by atoms with E-state index in [-0.39, 0.29) is 34.9 Å². The van der Waals surface area contributed by atoms with Crippen molar-refractivity contribution < 1.29 is 32.3 Å². The average Bonchev–Trinajstić information content (AvgIpc) is 3.38. The molecule has 1 aromatic carbocycles. The fourth-order valence-corrected chi connectivity index (χ4v) is 5.02. The smallest absolute Gasteiger partial charge is 0.280 e. The van der Waals surface area contributed by atoms with E-state index in [9.17, 15) is 22.7 Å². The highest BCUT2D eigenvalue weighted by Crippen LogP contribution is 2.23. The standard InChI is InChI=1S/C18H19FN4O6S2/c19-15-7-20-18(30-15)21-17(25)16(22-29-13-5-6-28-10-13)11-1-3-14(4-2-11)31(26,27)23-8-12(24)9-23/h1-4,7,12-13,24H,5-6,8-10H2,(H,20,21,25)/t13-/m1/s1. The number of carbonyl (C=O) groups is 1. The van der Waals surface area contributed by atoms with Crippen molar-refractivity contribution in [2.45, 2.75) is 23.5 Å². The Morgan fingerprint density at radius 1 is 1.35 bits per heavy atom. The summed E-state index contributed by atoms with van der Waals surface area (Å²) in [7, 11) is -3.73. The lowest BCUT2D eigenvalue weighted by atomic mass is 10.1. The highest BCUT2D eigenvalue weighted by Gasteiger charge is 2.35. The minimum atomic E-state index is -3.73. The van der Waals surface area contributed by atoms with Crippen LogP contribution in [0.25, 0.3) is 0 Å². The molecule has 2 aliphatic rings.